The molecule has 0 radical (unpaired) electrons. The predicted octanol–water partition coefficient (Wildman–Crippen LogP) is -8.27. The van der Waals surface area contributed by atoms with Crippen LogP contribution in [0.4, 0.5) is 0 Å². The first-order valence-corrected chi connectivity index (χ1v) is 1.28. The van der Waals surface area contributed by atoms with E-state index in [1.54, 1.807) is 5.75 Å². The summed E-state index contributed by atoms with van der Waals surface area (Å²) in [6, 6.07) is 0. The van der Waals surface area contributed by atoms with Crippen LogP contribution in [0.3, 0.4) is 0 Å². The van der Waals surface area contributed by atoms with E-state index in [2.05, 4.69) is 12.6 Å². The van der Waals surface area contributed by atoms with E-state index in [1.165, 1.54) is 0 Å². The van der Waals surface area contributed by atoms with Gasteiger partial charge in [0.25, 0.3) is 0 Å². The van der Waals surface area contributed by atoms with E-state index in [4.69, 9.17) is 0 Å². The van der Waals surface area contributed by atoms with Crippen LogP contribution in [-0.2, 0) is 12.6 Å². The topological polar surface area (TPSA) is 0 Å². The summed E-state index contributed by atoms with van der Waals surface area (Å²) in [6.07, 6.45) is 0. The van der Waals surface area contributed by atoms with E-state index in [0.29, 0.717) is 0 Å². The van der Waals surface area contributed by atoms with Gasteiger partial charge in [-0.15, -0.1) is 0 Å². The molecule has 0 unspecified atom stereocenters. The normalized spacial score (nSPS) is 3.00. The van der Waals surface area contributed by atoms with E-state index in [0.717, 1.165) is 0 Å². The molecule has 0 amide bonds. The van der Waals surface area contributed by atoms with Crippen molar-refractivity contribution in [2.45, 2.75) is 6.92 Å². The van der Waals surface area contributed by atoms with Crippen LogP contribution in [0.1, 0.15) is 6.92 Å². The van der Waals surface area contributed by atoms with Gasteiger partial charge in [0.2, 0.25) is 0 Å². The Morgan fingerprint density at radius 1 is 1.17 bits per heavy atom. The van der Waals surface area contributed by atoms with Gasteiger partial charge in [0.1, 0.15) is 0 Å². The number of rotatable bonds is 0. The van der Waals surface area contributed by atoms with Crippen molar-refractivity contribution in [2.75, 3.05) is 0 Å². The molecular weight excluding hydrogens is 312 g/mol. The van der Waals surface area contributed by atoms with Crippen molar-refractivity contribution in [3.8, 4) is 0 Å². The van der Waals surface area contributed by atoms with Crippen molar-refractivity contribution in [2.24, 2.45) is 0 Å². The monoisotopic (exact) mass is 315 g/mol. The SMILES string of the molecule is C[CH-][S-].[Rb+].[Rb+].[Rb+]. The number of hydrogen-bond donors (Lipinski definition) is 0. The second-order valence-corrected chi connectivity index (χ2v) is 0.707. The minimum Gasteiger partial charge on any atom is -1.01 e. The van der Waals surface area contributed by atoms with Gasteiger partial charge in [-0.05, 0) is 0 Å². The second kappa shape index (κ2) is 22.4. The molecular formula is C2H4Rb3S+. The smallest absolute Gasteiger partial charge is 1.00 e. The Balaban J connectivity index is -0.00000000667. The summed E-state index contributed by atoms with van der Waals surface area (Å²) in [5, 5.41) is 0. The molecule has 0 heterocycles. The fourth-order valence-corrected chi connectivity index (χ4v) is 0. The molecule has 0 bridgehead atoms. The Kier molecular flexibility index (Phi) is 84.5. The zero-order chi connectivity index (χ0) is 2.71. The summed E-state index contributed by atoms with van der Waals surface area (Å²) in [5.74, 6) is 1.58. The van der Waals surface area contributed by atoms with Crippen molar-refractivity contribution in [1.82, 2.24) is 0 Å². The molecule has 0 aromatic carbocycles. The largest absolute Gasteiger partial charge is 1.01 e. The Bertz CT molecular complexity index is 8.75. The third-order valence-electron chi connectivity index (χ3n) is 0. The standard InChI is InChI=1S/C2H4S.3Rb/c1-2-3;;;/h2H,1H3;;;/q-2;3*+1. The van der Waals surface area contributed by atoms with Gasteiger partial charge in [0.05, 0.1) is 0 Å². The molecule has 0 fully saturated rings. The molecule has 4 heteroatoms. The molecule has 0 rings (SSSR count). The number of hydrogen-bond acceptors (Lipinski definition) is 1. The van der Waals surface area contributed by atoms with Crippen molar-refractivity contribution in [3.05, 3.63) is 5.75 Å². The van der Waals surface area contributed by atoms with Crippen LogP contribution in [0.5, 0.6) is 0 Å². The molecule has 0 spiro atoms. The first-order valence-electron chi connectivity index (χ1n) is 0.813. The van der Waals surface area contributed by atoms with Gasteiger partial charge in [0, 0.05) is 0 Å². The molecule has 0 saturated carbocycles. The maximum atomic E-state index is 4.27. The second-order valence-electron chi connectivity index (χ2n) is 0.236. The van der Waals surface area contributed by atoms with E-state index in [9.17, 15) is 0 Å². The van der Waals surface area contributed by atoms with Gasteiger partial charge in [0.15, 0.2) is 0 Å². The molecule has 0 aliphatic heterocycles. The van der Waals surface area contributed by atoms with Crippen molar-refractivity contribution in [1.29, 1.82) is 0 Å². The van der Waals surface area contributed by atoms with Crippen LogP contribution < -0.4 is 175 Å². The van der Waals surface area contributed by atoms with Gasteiger partial charge in [-0.1, -0.05) is 0 Å². The molecule has 0 N–H and O–H groups in total. The zero-order valence-electron chi connectivity index (χ0n) is 4.99. The minimum absolute atomic E-state index is 0. The zero-order valence-corrected chi connectivity index (χ0v) is 20.6. The predicted molar refractivity (Wildman–Crippen MR) is 17.3 cm³/mol. The van der Waals surface area contributed by atoms with E-state index < -0.39 is 0 Å². The minimum atomic E-state index is 0. The van der Waals surface area contributed by atoms with Gasteiger partial charge in [-0.3, -0.25) is 0 Å². The molecule has 0 atom stereocenters. The van der Waals surface area contributed by atoms with Crippen molar-refractivity contribution >= 4 is 12.6 Å². The molecule has 0 aromatic heterocycles. The van der Waals surface area contributed by atoms with Crippen molar-refractivity contribution in [3.63, 3.8) is 0 Å². The molecule has 20 valence electrons. The Hall–Kier alpha value is 5.77. The molecule has 0 aliphatic rings. The Morgan fingerprint density at radius 3 is 1.17 bits per heavy atom. The average molecular weight is 317 g/mol. The molecule has 0 nitrogen and oxygen atoms in total. The molecule has 6 heavy (non-hydrogen) atoms. The van der Waals surface area contributed by atoms with Gasteiger partial charge in [-0.2, -0.15) is 0 Å². The van der Waals surface area contributed by atoms with Crippen LogP contribution in [0.15, 0.2) is 0 Å². The average Bonchev–Trinajstić information content (AvgIpc) is 0.918. The summed E-state index contributed by atoms with van der Waals surface area (Å²) in [4.78, 5) is 0. The summed E-state index contributed by atoms with van der Waals surface area (Å²) in [6.45, 7) is 1.81. The Labute approximate surface area is 192 Å². The van der Waals surface area contributed by atoms with Gasteiger partial charge in [-0.25, -0.2) is 6.92 Å². The summed E-state index contributed by atoms with van der Waals surface area (Å²) < 4.78 is 0. The van der Waals surface area contributed by atoms with E-state index >= 15 is 0 Å². The maximum Gasteiger partial charge on any atom is 1.00 e. The fraction of sp³-hybridized carbons (Fsp3) is 0.500. The van der Waals surface area contributed by atoms with Crippen molar-refractivity contribution < 1.29 is 175 Å². The van der Waals surface area contributed by atoms with Crippen LogP contribution in [0.2, 0.25) is 0 Å². The van der Waals surface area contributed by atoms with Crippen LogP contribution in [0, 0.1) is 5.75 Å². The fourth-order valence-electron chi connectivity index (χ4n) is 0. The molecule has 0 aromatic rings. The first-order chi connectivity index (χ1) is 1.41. The van der Waals surface area contributed by atoms with E-state index in [1.807, 2.05) is 6.92 Å². The quantitative estimate of drug-likeness (QED) is 0.316. The van der Waals surface area contributed by atoms with Gasteiger partial charge < -0.3 is 18.4 Å². The maximum absolute atomic E-state index is 4.27. The summed E-state index contributed by atoms with van der Waals surface area (Å²) >= 11 is 4.27. The third kappa shape index (κ3) is 22.6. The van der Waals surface area contributed by atoms with Gasteiger partial charge >= 0.3 is 175 Å². The van der Waals surface area contributed by atoms with Crippen LogP contribution in [0.25, 0.3) is 0 Å². The molecule has 0 saturated heterocycles. The first kappa shape index (κ1) is 22.6. The third-order valence-corrected chi connectivity index (χ3v) is 0. The Morgan fingerprint density at radius 2 is 1.17 bits per heavy atom. The van der Waals surface area contributed by atoms with Crippen LogP contribution >= 0.6 is 0 Å². The van der Waals surface area contributed by atoms with Crippen LogP contribution in [-0.4, -0.2) is 0 Å². The van der Waals surface area contributed by atoms with E-state index in [-0.39, 0.29) is 175 Å². The summed E-state index contributed by atoms with van der Waals surface area (Å²) in [5.41, 5.74) is 0. The summed E-state index contributed by atoms with van der Waals surface area (Å²) in [7, 11) is 0. The molecule has 0 aliphatic carbocycles.